The quantitative estimate of drug-likeness (QED) is 0.140. The van der Waals surface area contributed by atoms with Gasteiger partial charge in [-0.2, -0.15) is 0 Å². The number of nitrogens with zero attached hydrogens (tertiary/aromatic N) is 3. The van der Waals surface area contributed by atoms with E-state index < -0.39 is 0 Å². The van der Waals surface area contributed by atoms with Gasteiger partial charge in [0.2, 0.25) is 0 Å². The summed E-state index contributed by atoms with van der Waals surface area (Å²) >= 11 is 3.09. The number of esters is 1. The second-order valence-electron chi connectivity index (χ2n) is 9.92. The zero-order chi connectivity index (χ0) is 28.9. The molecule has 0 spiro atoms. The van der Waals surface area contributed by atoms with Crippen molar-refractivity contribution in [3.05, 3.63) is 112 Å². The van der Waals surface area contributed by atoms with Gasteiger partial charge in [0, 0.05) is 27.4 Å². The topological polar surface area (TPSA) is 86.1 Å². The Hall–Kier alpha value is -4.21. The number of anilines is 1. The standard InChI is InChI=1S/C33H30N4O3S2/c1-2-40-32(39)28-26-15-9-10-16-27(26)42-31(28)34-30(38)24-19-17-22(18-20-24)21-41-33-36-35-29(23-11-5-3-6-12-23)37(33)25-13-7-4-8-14-25/h3-8,11-14,17-20H,2,9-10,15-16,21H2,1H3,(H,34,38). The number of carbonyl (C=O) groups is 2. The number of thioether (sulfide) groups is 1. The highest BCUT2D eigenvalue weighted by atomic mass is 32.2. The number of para-hydroxylation sites is 1. The smallest absolute Gasteiger partial charge is 0.341 e. The lowest BCUT2D eigenvalue weighted by molar-refractivity contribution is 0.0526. The molecule has 0 fully saturated rings. The number of carbonyl (C=O) groups excluding carboxylic acids is 2. The summed E-state index contributed by atoms with van der Waals surface area (Å²) in [6.45, 7) is 2.09. The van der Waals surface area contributed by atoms with Crippen molar-refractivity contribution in [2.24, 2.45) is 0 Å². The maximum Gasteiger partial charge on any atom is 0.341 e. The van der Waals surface area contributed by atoms with Gasteiger partial charge in [-0.3, -0.25) is 9.36 Å². The van der Waals surface area contributed by atoms with Crippen molar-refractivity contribution < 1.29 is 14.3 Å². The average molecular weight is 595 g/mol. The van der Waals surface area contributed by atoms with Crippen molar-refractivity contribution in [2.45, 2.75) is 43.5 Å². The summed E-state index contributed by atoms with van der Waals surface area (Å²) in [6, 6.07) is 27.7. The van der Waals surface area contributed by atoms with E-state index >= 15 is 0 Å². The fraction of sp³-hybridized carbons (Fsp3) is 0.212. The molecular formula is C33H30N4O3S2. The van der Waals surface area contributed by atoms with Crippen LogP contribution >= 0.6 is 23.1 Å². The van der Waals surface area contributed by atoms with E-state index in [1.807, 2.05) is 84.9 Å². The molecule has 3 aromatic carbocycles. The molecule has 6 rings (SSSR count). The second kappa shape index (κ2) is 12.8. The molecule has 0 unspecified atom stereocenters. The van der Waals surface area contributed by atoms with E-state index in [0.29, 0.717) is 28.5 Å². The summed E-state index contributed by atoms with van der Waals surface area (Å²) in [7, 11) is 0. The highest BCUT2D eigenvalue weighted by Crippen LogP contribution is 2.39. The summed E-state index contributed by atoms with van der Waals surface area (Å²) in [5.74, 6) is 0.841. The Morgan fingerprint density at radius 1 is 0.929 bits per heavy atom. The normalized spacial score (nSPS) is 12.5. The van der Waals surface area contributed by atoms with Crippen LogP contribution in [-0.4, -0.2) is 33.2 Å². The van der Waals surface area contributed by atoms with Crippen LogP contribution in [-0.2, 0) is 23.3 Å². The monoisotopic (exact) mass is 594 g/mol. The number of benzene rings is 3. The molecule has 9 heteroatoms. The first kappa shape index (κ1) is 27.9. The van der Waals surface area contributed by atoms with E-state index in [1.54, 1.807) is 18.7 Å². The Morgan fingerprint density at radius 2 is 1.64 bits per heavy atom. The fourth-order valence-corrected chi connectivity index (χ4v) is 7.28. The molecule has 7 nitrogen and oxygen atoms in total. The van der Waals surface area contributed by atoms with Gasteiger partial charge in [-0.1, -0.05) is 72.4 Å². The summed E-state index contributed by atoms with van der Waals surface area (Å²) in [5.41, 5.74) is 5.13. The van der Waals surface area contributed by atoms with E-state index in [1.165, 1.54) is 16.2 Å². The molecule has 42 heavy (non-hydrogen) atoms. The van der Waals surface area contributed by atoms with Gasteiger partial charge in [-0.25, -0.2) is 4.79 Å². The number of hydrogen-bond donors (Lipinski definition) is 1. The molecule has 2 heterocycles. The molecular weight excluding hydrogens is 565 g/mol. The van der Waals surface area contributed by atoms with Crippen molar-refractivity contribution in [1.82, 2.24) is 14.8 Å². The van der Waals surface area contributed by atoms with Gasteiger partial charge < -0.3 is 10.1 Å². The Morgan fingerprint density at radius 3 is 2.38 bits per heavy atom. The summed E-state index contributed by atoms with van der Waals surface area (Å²) in [4.78, 5) is 27.1. The SMILES string of the molecule is CCOC(=O)c1c(NC(=O)c2ccc(CSc3nnc(-c4ccccc4)n3-c3ccccc3)cc2)sc2c1CCCC2. The van der Waals surface area contributed by atoms with Crippen molar-refractivity contribution in [2.75, 3.05) is 11.9 Å². The number of aryl methyl sites for hydroxylation is 1. The molecule has 2 aromatic heterocycles. The number of fused-ring (bicyclic) bond motifs is 1. The molecule has 212 valence electrons. The van der Waals surface area contributed by atoms with Crippen molar-refractivity contribution in [1.29, 1.82) is 0 Å². The van der Waals surface area contributed by atoms with Crippen LogP contribution in [0, 0.1) is 0 Å². The molecule has 0 saturated carbocycles. The van der Waals surface area contributed by atoms with Crippen LogP contribution in [0.1, 0.15) is 56.5 Å². The second-order valence-corrected chi connectivity index (χ2v) is 12.0. The molecule has 1 amide bonds. The largest absolute Gasteiger partial charge is 0.462 e. The zero-order valence-electron chi connectivity index (χ0n) is 23.2. The average Bonchev–Trinajstić information content (AvgIpc) is 3.62. The fourth-order valence-electron chi connectivity index (χ4n) is 5.10. The molecule has 0 atom stereocenters. The molecule has 0 aliphatic heterocycles. The highest BCUT2D eigenvalue weighted by molar-refractivity contribution is 7.98. The Labute approximate surface area is 253 Å². The Bertz CT molecular complexity index is 1700. The first-order chi connectivity index (χ1) is 20.6. The van der Waals surface area contributed by atoms with Crippen LogP contribution in [0.25, 0.3) is 17.1 Å². The molecule has 5 aromatic rings. The van der Waals surface area contributed by atoms with Crippen LogP contribution in [0.3, 0.4) is 0 Å². The van der Waals surface area contributed by atoms with Gasteiger partial charge in [0.1, 0.15) is 5.00 Å². The summed E-state index contributed by atoms with van der Waals surface area (Å²) in [6.07, 6.45) is 3.91. The van der Waals surface area contributed by atoms with Gasteiger partial charge >= 0.3 is 5.97 Å². The summed E-state index contributed by atoms with van der Waals surface area (Å²) in [5, 5.41) is 13.4. The number of hydrogen-bond acceptors (Lipinski definition) is 7. The maximum absolute atomic E-state index is 13.2. The van der Waals surface area contributed by atoms with Gasteiger partial charge in [0.15, 0.2) is 11.0 Å². The first-order valence-corrected chi connectivity index (χ1v) is 15.8. The van der Waals surface area contributed by atoms with Gasteiger partial charge in [-0.15, -0.1) is 21.5 Å². The van der Waals surface area contributed by atoms with E-state index in [2.05, 4.69) is 20.1 Å². The van der Waals surface area contributed by atoms with Crippen LogP contribution in [0.15, 0.2) is 90.1 Å². The molecule has 0 bridgehead atoms. The van der Waals surface area contributed by atoms with Crippen molar-refractivity contribution in [3.63, 3.8) is 0 Å². The van der Waals surface area contributed by atoms with E-state index in [4.69, 9.17) is 4.74 Å². The predicted octanol–water partition coefficient (Wildman–Crippen LogP) is 7.60. The highest BCUT2D eigenvalue weighted by Gasteiger charge is 2.27. The lowest BCUT2D eigenvalue weighted by Crippen LogP contribution is -2.15. The van der Waals surface area contributed by atoms with E-state index in [-0.39, 0.29) is 11.9 Å². The minimum atomic E-state index is -0.363. The van der Waals surface area contributed by atoms with Gasteiger partial charge in [0.25, 0.3) is 5.91 Å². The van der Waals surface area contributed by atoms with Crippen molar-refractivity contribution in [3.8, 4) is 17.1 Å². The summed E-state index contributed by atoms with van der Waals surface area (Å²) < 4.78 is 7.40. The van der Waals surface area contributed by atoms with Crippen LogP contribution in [0.2, 0.25) is 0 Å². The predicted molar refractivity (Wildman–Crippen MR) is 168 cm³/mol. The minimum absolute atomic E-state index is 0.241. The molecule has 0 saturated heterocycles. The minimum Gasteiger partial charge on any atom is -0.462 e. The number of ether oxygens (including phenoxy) is 1. The molecule has 0 radical (unpaired) electrons. The van der Waals surface area contributed by atoms with Crippen LogP contribution in [0.5, 0.6) is 0 Å². The number of aromatic nitrogens is 3. The van der Waals surface area contributed by atoms with Crippen LogP contribution in [0.4, 0.5) is 5.00 Å². The van der Waals surface area contributed by atoms with E-state index in [9.17, 15) is 9.59 Å². The molecule has 1 aliphatic rings. The van der Waals surface area contributed by atoms with E-state index in [0.717, 1.165) is 59.0 Å². The lowest BCUT2D eigenvalue weighted by atomic mass is 9.95. The maximum atomic E-state index is 13.2. The van der Waals surface area contributed by atoms with Gasteiger partial charge in [0.05, 0.1) is 12.2 Å². The number of rotatable bonds is 9. The van der Waals surface area contributed by atoms with Gasteiger partial charge in [-0.05, 0) is 68.0 Å². The first-order valence-electron chi connectivity index (χ1n) is 14.0. The molecule has 1 N–H and O–H groups in total. The number of amides is 1. The third-order valence-corrected chi connectivity index (χ3v) is 9.35. The Kier molecular flexibility index (Phi) is 8.48. The third-order valence-electron chi connectivity index (χ3n) is 7.14. The zero-order valence-corrected chi connectivity index (χ0v) is 24.8. The number of thiophene rings is 1. The third kappa shape index (κ3) is 5.89. The van der Waals surface area contributed by atoms with Crippen molar-refractivity contribution >= 4 is 40.0 Å². The molecule has 1 aliphatic carbocycles. The lowest BCUT2D eigenvalue weighted by Gasteiger charge is -2.12. The van der Waals surface area contributed by atoms with Crippen LogP contribution < -0.4 is 5.32 Å². The Balaban J connectivity index is 1.18. The number of nitrogens with one attached hydrogen (secondary N) is 1.